The van der Waals surface area contributed by atoms with Crippen LogP contribution in [0.1, 0.15) is 28.8 Å². The van der Waals surface area contributed by atoms with E-state index in [2.05, 4.69) is 0 Å². The fourth-order valence-corrected chi connectivity index (χ4v) is 4.34. The number of esters is 1. The summed E-state index contributed by atoms with van der Waals surface area (Å²) in [6, 6.07) is 16.4. The number of hydrogen-bond donors (Lipinski definition) is 1. The predicted molar refractivity (Wildman–Crippen MR) is 130 cm³/mol. The lowest BCUT2D eigenvalue weighted by molar-refractivity contribution is -0.119. The molecule has 1 aliphatic rings. The van der Waals surface area contributed by atoms with Crippen molar-refractivity contribution in [3.8, 4) is 5.75 Å². The molecule has 1 heterocycles. The van der Waals surface area contributed by atoms with Crippen molar-refractivity contribution in [3.63, 3.8) is 0 Å². The molecule has 4 rings (SSSR count). The maximum absolute atomic E-state index is 13.3. The quantitative estimate of drug-likeness (QED) is 0.566. The molecule has 8 heteroatoms. The summed E-state index contributed by atoms with van der Waals surface area (Å²) in [5.74, 6) is 0.00505. The van der Waals surface area contributed by atoms with E-state index < -0.39 is 5.97 Å². The van der Waals surface area contributed by atoms with Crippen molar-refractivity contribution >= 4 is 39.9 Å². The van der Waals surface area contributed by atoms with E-state index in [0.717, 1.165) is 16.3 Å². The van der Waals surface area contributed by atoms with Gasteiger partial charge in [0.25, 0.3) is 0 Å². The van der Waals surface area contributed by atoms with Crippen molar-refractivity contribution in [2.45, 2.75) is 19.4 Å². The Morgan fingerprint density at radius 2 is 1.79 bits per heavy atom. The number of rotatable bonds is 6. The smallest absolute Gasteiger partial charge is 0.337 e. The van der Waals surface area contributed by atoms with Crippen molar-refractivity contribution < 1.29 is 23.9 Å². The normalized spacial score (nSPS) is 13.4. The molecule has 0 bridgehead atoms. The maximum atomic E-state index is 13.3. The third-order valence-electron chi connectivity index (χ3n) is 6.02. The SMILES string of the molecule is COC(=O)c1ccc2c(CN3C(=O)CCN(C(=O)CCN)c4ccccc43)c(OC)ccc2c1. The van der Waals surface area contributed by atoms with E-state index in [1.165, 1.54) is 7.11 Å². The van der Waals surface area contributed by atoms with Crippen LogP contribution in [0.15, 0.2) is 54.6 Å². The second-order valence-electron chi connectivity index (χ2n) is 7.98. The highest BCUT2D eigenvalue weighted by Gasteiger charge is 2.30. The molecule has 0 radical (unpaired) electrons. The summed E-state index contributed by atoms with van der Waals surface area (Å²) in [5, 5.41) is 1.69. The van der Waals surface area contributed by atoms with E-state index in [9.17, 15) is 14.4 Å². The third-order valence-corrected chi connectivity index (χ3v) is 6.02. The van der Waals surface area contributed by atoms with Gasteiger partial charge in [-0.15, -0.1) is 0 Å². The first-order valence-corrected chi connectivity index (χ1v) is 11.1. The van der Waals surface area contributed by atoms with Gasteiger partial charge in [-0.25, -0.2) is 4.79 Å². The highest BCUT2D eigenvalue weighted by atomic mass is 16.5. The number of nitrogens with zero attached hydrogens (tertiary/aromatic N) is 2. The Labute approximate surface area is 197 Å². The number of carbonyl (C=O) groups excluding carboxylic acids is 3. The van der Waals surface area contributed by atoms with E-state index in [-0.39, 0.29) is 37.7 Å². The number of amides is 2. The molecule has 0 aliphatic carbocycles. The zero-order valence-electron chi connectivity index (χ0n) is 19.2. The molecule has 8 nitrogen and oxygen atoms in total. The Kier molecular flexibility index (Phi) is 6.79. The van der Waals surface area contributed by atoms with Gasteiger partial charge in [0.1, 0.15) is 5.75 Å². The van der Waals surface area contributed by atoms with Crippen LogP contribution in [0.5, 0.6) is 5.75 Å². The van der Waals surface area contributed by atoms with Crippen LogP contribution in [0, 0.1) is 0 Å². The topological polar surface area (TPSA) is 102 Å². The number of hydrogen-bond acceptors (Lipinski definition) is 6. The van der Waals surface area contributed by atoms with Gasteiger partial charge in [0, 0.05) is 31.5 Å². The first-order valence-electron chi connectivity index (χ1n) is 11.1. The first kappa shape index (κ1) is 23.3. The zero-order chi connectivity index (χ0) is 24.2. The van der Waals surface area contributed by atoms with Gasteiger partial charge in [-0.2, -0.15) is 0 Å². The van der Waals surface area contributed by atoms with Crippen LogP contribution < -0.4 is 20.3 Å². The van der Waals surface area contributed by atoms with Gasteiger partial charge in [0.05, 0.1) is 37.7 Å². The molecule has 0 saturated heterocycles. The van der Waals surface area contributed by atoms with Crippen LogP contribution in [0.3, 0.4) is 0 Å². The number of para-hydroxylation sites is 2. The van der Waals surface area contributed by atoms with Crippen LogP contribution in [0.2, 0.25) is 0 Å². The Morgan fingerprint density at radius 1 is 1.03 bits per heavy atom. The molecule has 34 heavy (non-hydrogen) atoms. The molecule has 0 fully saturated rings. The number of ether oxygens (including phenoxy) is 2. The number of nitrogens with two attached hydrogens (primary N) is 1. The minimum Gasteiger partial charge on any atom is -0.496 e. The molecule has 176 valence electrons. The average molecular weight is 462 g/mol. The molecule has 0 saturated carbocycles. The molecule has 0 unspecified atom stereocenters. The lowest BCUT2D eigenvalue weighted by atomic mass is 10.00. The number of benzene rings is 3. The minimum atomic E-state index is -0.418. The Hall–Kier alpha value is -3.91. The molecule has 0 atom stereocenters. The van der Waals surface area contributed by atoms with Crippen molar-refractivity contribution in [2.24, 2.45) is 5.73 Å². The third kappa shape index (κ3) is 4.32. The second-order valence-corrected chi connectivity index (χ2v) is 7.98. The predicted octanol–water partition coefficient (Wildman–Crippen LogP) is 3.25. The number of anilines is 2. The minimum absolute atomic E-state index is 0.0965. The van der Waals surface area contributed by atoms with Crippen molar-refractivity contribution in [1.29, 1.82) is 0 Å². The van der Waals surface area contributed by atoms with E-state index in [4.69, 9.17) is 15.2 Å². The second kappa shape index (κ2) is 9.93. The van der Waals surface area contributed by atoms with Gasteiger partial charge < -0.3 is 25.0 Å². The fraction of sp³-hybridized carbons (Fsp3) is 0.269. The van der Waals surface area contributed by atoms with E-state index >= 15 is 0 Å². The van der Waals surface area contributed by atoms with Crippen LogP contribution in [-0.2, 0) is 20.9 Å². The van der Waals surface area contributed by atoms with Crippen LogP contribution in [-0.4, -0.2) is 45.1 Å². The largest absolute Gasteiger partial charge is 0.496 e. The summed E-state index contributed by atoms with van der Waals surface area (Å²) in [5.41, 5.74) is 8.19. The van der Waals surface area contributed by atoms with E-state index in [1.807, 2.05) is 42.5 Å². The Balaban J connectivity index is 1.80. The maximum Gasteiger partial charge on any atom is 0.337 e. The van der Waals surface area contributed by atoms with Crippen molar-refractivity contribution in [1.82, 2.24) is 0 Å². The van der Waals surface area contributed by atoms with E-state index in [0.29, 0.717) is 29.2 Å². The zero-order valence-corrected chi connectivity index (χ0v) is 19.2. The summed E-state index contributed by atoms with van der Waals surface area (Å²) in [7, 11) is 2.93. The highest BCUT2D eigenvalue weighted by molar-refractivity contribution is 6.05. The van der Waals surface area contributed by atoms with Gasteiger partial charge in [-0.1, -0.05) is 24.3 Å². The Bertz CT molecular complexity index is 1260. The summed E-state index contributed by atoms with van der Waals surface area (Å²) < 4.78 is 10.5. The van der Waals surface area contributed by atoms with Crippen LogP contribution >= 0.6 is 0 Å². The molecule has 3 aromatic rings. The molecule has 2 N–H and O–H groups in total. The molecule has 1 aliphatic heterocycles. The number of carbonyl (C=O) groups is 3. The first-order chi connectivity index (χ1) is 16.5. The van der Waals surface area contributed by atoms with E-state index in [1.54, 1.807) is 29.0 Å². The van der Waals surface area contributed by atoms with Crippen LogP contribution in [0.25, 0.3) is 10.8 Å². The standard InChI is InChI=1S/C26H27N3O5/c1-33-23-10-8-17-15-18(26(32)34-2)7-9-19(17)20(23)16-29-22-6-4-3-5-21(22)28(14-12-25(29)31)24(30)11-13-27/h3-10,15H,11-14,16,27H2,1-2H3. The lowest BCUT2D eigenvalue weighted by Gasteiger charge is -2.26. The Morgan fingerprint density at radius 3 is 2.50 bits per heavy atom. The van der Waals surface area contributed by atoms with Gasteiger partial charge in [-0.3, -0.25) is 9.59 Å². The van der Waals surface area contributed by atoms with Gasteiger partial charge in [0.2, 0.25) is 11.8 Å². The number of fused-ring (bicyclic) bond motifs is 2. The van der Waals surface area contributed by atoms with Crippen molar-refractivity contribution in [3.05, 3.63) is 65.7 Å². The summed E-state index contributed by atoms with van der Waals surface area (Å²) in [6.07, 6.45) is 0.396. The highest BCUT2D eigenvalue weighted by Crippen LogP contribution is 2.37. The summed E-state index contributed by atoms with van der Waals surface area (Å²) in [6.45, 7) is 0.781. The fourth-order valence-electron chi connectivity index (χ4n) is 4.34. The summed E-state index contributed by atoms with van der Waals surface area (Å²) >= 11 is 0. The van der Waals surface area contributed by atoms with Gasteiger partial charge >= 0.3 is 5.97 Å². The average Bonchev–Trinajstić information content (AvgIpc) is 3.00. The van der Waals surface area contributed by atoms with Gasteiger partial charge in [-0.05, 0) is 41.1 Å². The molecule has 0 spiro atoms. The lowest BCUT2D eigenvalue weighted by Crippen LogP contribution is -2.33. The molecule has 2 amide bonds. The molecule has 0 aromatic heterocycles. The molecular weight excluding hydrogens is 434 g/mol. The molecule has 3 aromatic carbocycles. The van der Waals surface area contributed by atoms with Gasteiger partial charge in [0.15, 0.2) is 0 Å². The number of methoxy groups -OCH3 is 2. The monoisotopic (exact) mass is 461 g/mol. The molecular formula is C26H27N3O5. The van der Waals surface area contributed by atoms with Crippen LogP contribution in [0.4, 0.5) is 11.4 Å². The summed E-state index contributed by atoms with van der Waals surface area (Å²) in [4.78, 5) is 41.3. The van der Waals surface area contributed by atoms with Crippen molar-refractivity contribution in [2.75, 3.05) is 37.1 Å².